The van der Waals surface area contributed by atoms with Crippen LogP contribution in [0.4, 0.5) is 11.6 Å². The molecular formula is C14H24N4. The summed E-state index contributed by atoms with van der Waals surface area (Å²) < 4.78 is 0. The van der Waals surface area contributed by atoms with E-state index in [2.05, 4.69) is 49.0 Å². The molecule has 100 valence electrons. The molecule has 0 amide bonds. The molecule has 18 heavy (non-hydrogen) atoms. The second kappa shape index (κ2) is 5.12. The Labute approximate surface area is 110 Å². The van der Waals surface area contributed by atoms with Gasteiger partial charge in [-0.25, -0.2) is 9.97 Å². The summed E-state index contributed by atoms with van der Waals surface area (Å²) in [5.74, 6) is 2.94. The molecule has 1 fully saturated rings. The van der Waals surface area contributed by atoms with Crippen molar-refractivity contribution in [3.8, 4) is 0 Å². The standard InChI is InChI=1S/C14H24N4/c1-5-15-11-10-12(18-8-6-7-9-18)17-13(16-11)14(2,3)4/h10H,5-9H2,1-4H3,(H,15,16,17). The third-order valence-electron chi connectivity index (χ3n) is 3.17. The number of anilines is 2. The van der Waals surface area contributed by atoms with E-state index in [0.717, 1.165) is 37.1 Å². The van der Waals surface area contributed by atoms with Crippen LogP contribution in [-0.4, -0.2) is 29.6 Å². The second-order valence-electron chi connectivity index (χ2n) is 5.91. The van der Waals surface area contributed by atoms with E-state index >= 15 is 0 Å². The van der Waals surface area contributed by atoms with Crippen molar-refractivity contribution in [1.82, 2.24) is 9.97 Å². The topological polar surface area (TPSA) is 41.0 Å². The fraction of sp³-hybridized carbons (Fsp3) is 0.714. The molecule has 1 aliphatic rings. The van der Waals surface area contributed by atoms with E-state index < -0.39 is 0 Å². The van der Waals surface area contributed by atoms with Gasteiger partial charge < -0.3 is 10.2 Å². The zero-order valence-corrected chi connectivity index (χ0v) is 12.0. The highest BCUT2D eigenvalue weighted by Gasteiger charge is 2.21. The molecule has 2 heterocycles. The molecule has 0 bridgehead atoms. The van der Waals surface area contributed by atoms with Gasteiger partial charge in [0.05, 0.1) is 0 Å². The van der Waals surface area contributed by atoms with E-state index in [9.17, 15) is 0 Å². The van der Waals surface area contributed by atoms with Crippen molar-refractivity contribution in [2.75, 3.05) is 29.9 Å². The molecule has 0 saturated carbocycles. The normalized spacial score (nSPS) is 16.1. The molecule has 1 aromatic heterocycles. The van der Waals surface area contributed by atoms with Crippen LogP contribution in [0.15, 0.2) is 6.07 Å². The molecule has 1 N–H and O–H groups in total. The van der Waals surface area contributed by atoms with Crippen LogP contribution in [-0.2, 0) is 5.41 Å². The van der Waals surface area contributed by atoms with Crippen molar-refractivity contribution in [2.24, 2.45) is 0 Å². The Morgan fingerprint density at radius 1 is 1.22 bits per heavy atom. The van der Waals surface area contributed by atoms with Gasteiger partial charge in [0.2, 0.25) is 0 Å². The summed E-state index contributed by atoms with van der Waals surface area (Å²) in [6.07, 6.45) is 2.54. The highest BCUT2D eigenvalue weighted by Crippen LogP contribution is 2.25. The average Bonchev–Trinajstić information content (AvgIpc) is 2.81. The summed E-state index contributed by atoms with van der Waals surface area (Å²) in [5, 5.41) is 3.31. The van der Waals surface area contributed by atoms with Crippen LogP contribution < -0.4 is 10.2 Å². The third kappa shape index (κ3) is 2.92. The Kier molecular flexibility index (Phi) is 3.73. The minimum absolute atomic E-state index is 0.0140. The van der Waals surface area contributed by atoms with Gasteiger partial charge in [0.15, 0.2) is 0 Å². The zero-order valence-electron chi connectivity index (χ0n) is 12.0. The maximum Gasteiger partial charge on any atom is 0.138 e. The van der Waals surface area contributed by atoms with Crippen molar-refractivity contribution in [3.63, 3.8) is 0 Å². The minimum Gasteiger partial charge on any atom is -0.370 e. The molecule has 1 saturated heterocycles. The van der Waals surface area contributed by atoms with Crippen molar-refractivity contribution in [2.45, 2.75) is 46.0 Å². The predicted octanol–water partition coefficient (Wildman–Crippen LogP) is 2.81. The van der Waals surface area contributed by atoms with Gasteiger partial charge >= 0.3 is 0 Å². The SMILES string of the molecule is CCNc1cc(N2CCCC2)nc(C(C)(C)C)n1. The average molecular weight is 248 g/mol. The van der Waals surface area contributed by atoms with Crippen LogP contribution in [0.5, 0.6) is 0 Å². The van der Waals surface area contributed by atoms with Crippen LogP contribution in [0.25, 0.3) is 0 Å². The Morgan fingerprint density at radius 2 is 1.89 bits per heavy atom. The molecule has 4 nitrogen and oxygen atoms in total. The number of aromatic nitrogens is 2. The van der Waals surface area contributed by atoms with Gasteiger partial charge in [0.25, 0.3) is 0 Å². The van der Waals surface area contributed by atoms with E-state index in [1.807, 2.05) is 0 Å². The second-order valence-corrected chi connectivity index (χ2v) is 5.91. The van der Waals surface area contributed by atoms with Crippen LogP contribution in [0.1, 0.15) is 46.4 Å². The largest absolute Gasteiger partial charge is 0.370 e. The fourth-order valence-electron chi connectivity index (χ4n) is 2.15. The summed E-state index contributed by atoms with van der Waals surface area (Å²) in [4.78, 5) is 11.7. The molecule has 0 unspecified atom stereocenters. The van der Waals surface area contributed by atoms with Gasteiger partial charge in [-0.3, -0.25) is 0 Å². The zero-order chi connectivity index (χ0) is 13.2. The van der Waals surface area contributed by atoms with Crippen LogP contribution in [0, 0.1) is 0 Å². The summed E-state index contributed by atoms with van der Waals surface area (Å²) in [6.45, 7) is 11.7. The van der Waals surface area contributed by atoms with E-state index in [1.165, 1.54) is 12.8 Å². The lowest BCUT2D eigenvalue weighted by Gasteiger charge is -2.22. The Balaban J connectivity index is 2.35. The molecular weight excluding hydrogens is 224 g/mol. The van der Waals surface area contributed by atoms with Crippen LogP contribution >= 0.6 is 0 Å². The Morgan fingerprint density at radius 3 is 2.44 bits per heavy atom. The van der Waals surface area contributed by atoms with E-state index in [0.29, 0.717) is 0 Å². The number of hydrogen-bond donors (Lipinski definition) is 1. The maximum absolute atomic E-state index is 4.74. The van der Waals surface area contributed by atoms with Crippen molar-refractivity contribution < 1.29 is 0 Å². The van der Waals surface area contributed by atoms with Gasteiger partial charge in [-0.1, -0.05) is 20.8 Å². The van der Waals surface area contributed by atoms with E-state index in [-0.39, 0.29) is 5.41 Å². The Bertz CT molecular complexity index is 403. The van der Waals surface area contributed by atoms with Crippen molar-refractivity contribution in [1.29, 1.82) is 0 Å². The molecule has 0 spiro atoms. The summed E-state index contributed by atoms with van der Waals surface area (Å²) >= 11 is 0. The summed E-state index contributed by atoms with van der Waals surface area (Å²) in [5.41, 5.74) is -0.0140. The molecule has 0 aliphatic carbocycles. The highest BCUT2D eigenvalue weighted by atomic mass is 15.2. The number of rotatable bonds is 3. The van der Waals surface area contributed by atoms with Gasteiger partial charge in [0, 0.05) is 31.1 Å². The minimum atomic E-state index is -0.0140. The van der Waals surface area contributed by atoms with Crippen LogP contribution in [0.2, 0.25) is 0 Å². The number of nitrogens with one attached hydrogen (secondary N) is 1. The summed E-state index contributed by atoms with van der Waals surface area (Å²) in [7, 11) is 0. The lowest BCUT2D eigenvalue weighted by molar-refractivity contribution is 0.545. The number of nitrogens with zero attached hydrogens (tertiary/aromatic N) is 3. The first kappa shape index (κ1) is 13.1. The lowest BCUT2D eigenvalue weighted by atomic mass is 9.96. The van der Waals surface area contributed by atoms with Gasteiger partial charge in [-0.15, -0.1) is 0 Å². The third-order valence-corrected chi connectivity index (χ3v) is 3.17. The Hall–Kier alpha value is -1.32. The van der Waals surface area contributed by atoms with Crippen molar-refractivity contribution >= 4 is 11.6 Å². The highest BCUT2D eigenvalue weighted by molar-refractivity contribution is 5.50. The first-order valence-electron chi connectivity index (χ1n) is 6.89. The van der Waals surface area contributed by atoms with E-state index in [4.69, 9.17) is 4.98 Å². The summed E-state index contributed by atoms with van der Waals surface area (Å²) in [6, 6.07) is 2.07. The van der Waals surface area contributed by atoms with Gasteiger partial charge in [-0.05, 0) is 19.8 Å². The predicted molar refractivity (Wildman–Crippen MR) is 76.3 cm³/mol. The molecule has 4 heteroatoms. The molecule has 0 radical (unpaired) electrons. The van der Waals surface area contributed by atoms with Gasteiger partial charge in [-0.2, -0.15) is 0 Å². The van der Waals surface area contributed by atoms with E-state index in [1.54, 1.807) is 0 Å². The lowest BCUT2D eigenvalue weighted by Crippen LogP contribution is -2.23. The van der Waals surface area contributed by atoms with Crippen LogP contribution in [0.3, 0.4) is 0 Å². The first-order valence-corrected chi connectivity index (χ1v) is 6.89. The van der Waals surface area contributed by atoms with Crippen molar-refractivity contribution in [3.05, 3.63) is 11.9 Å². The smallest absolute Gasteiger partial charge is 0.138 e. The quantitative estimate of drug-likeness (QED) is 0.893. The van der Waals surface area contributed by atoms with Gasteiger partial charge in [0.1, 0.15) is 17.5 Å². The molecule has 0 atom stereocenters. The molecule has 2 rings (SSSR count). The monoisotopic (exact) mass is 248 g/mol. The first-order chi connectivity index (χ1) is 8.50. The molecule has 1 aliphatic heterocycles. The maximum atomic E-state index is 4.74. The molecule has 1 aromatic rings. The fourth-order valence-corrected chi connectivity index (χ4v) is 2.15. The number of hydrogen-bond acceptors (Lipinski definition) is 4. The molecule has 0 aromatic carbocycles.